The minimum atomic E-state index is -0.365. The van der Waals surface area contributed by atoms with Gasteiger partial charge in [-0.3, -0.25) is 4.79 Å². The number of hydrogen-bond acceptors (Lipinski definition) is 5. The maximum Gasteiger partial charge on any atom is 0.252 e. The highest BCUT2D eigenvalue weighted by Gasteiger charge is 2.21. The number of nitrogens with zero attached hydrogens (tertiary/aromatic N) is 6. The van der Waals surface area contributed by atoms with Crippen LogP contribution in [0.15, 0.2) is 73.3 Å². The highest BCUT2D eigenvalue weighted by Crippen LogP contribution is 2.21. The summed E-state index contributed by atoms with van der Waals surface area (Å²) in [6.45, 7) is 0. The average molecular weight is 359 g/mol. The molecule has 0 saturated carbocycles. The Labute approximate surface area is 155 Å². The van der Waals surface area contributed by atoms with E-state index in [1.807, 2.05) is 54.2 Å². The first kappa shape index (κ1) is 16.6. The zero-order valence-electron chi connectivity index (χ0n) is 14.6. The van der Waals surface area contributed by atoms with Crippen molar-refractivity contribution >= 4 is 5.91 Å². The second-order valence-corrected chi connectivity index (χ2v) is 6.02. The molecule has 2 aromatic heterocycles. The molecule has 4 rings (SSSR count). The standard InChI is InChI=1S/C19H17N7O/c1-25-11-10-20-18(25)17(14-6-3-2-4-7-14)22-19(27)15-8-5-9-16(12-15)26-13-21-23-24-26/h2-13,17H,1H3,(H,22,27). The van der Waals surface area contributed by atoms with Crippen LogP contribution in [0, 0.1) is 0 Å². The Morgan fingerprint density at radius 3 is 2.67 bits per heavy atom. The molecule has 1 unspecified atom stereocenters. The summed E-state index contributed by atoms with van der Waals surface area (Å²) in [6.07, 6.45) is 5.06. The molecule has 27 heavy (non-hydrogen) atoms. The van der Waals surface area contributed by atoms with Crippen molar-refractivity contribution < 1.29 is 4.79 Å². The van der Waals surface area contributed by atoms with Gasteiger partial charge in [0.05, 0.1) is 5.69 Å². The molecule has 8 heteroatoms. The van der Waals surface area contributed by atoms with E-state index in [9.17, 15) is 4.79 Å². The number of carbonyl (C=O) groups is 1. The lowest BCUT2D eigenvalue weighted by molar-refractivity contribution is 0.0941. The summed E-state index contributed by atoms with van der Waals surface area (Å²) in [6, 6.07) is 16.5. The van der Waals surface area contributed by atoms with Gasteiger partial charge in [0, 0.05) is 25.0 Å². The molecule has 134 valence electrons. The summed E-state index contributed by atoms with van der Waals surface area (Å²) in [5.74, 6) is 0.549. The van der Waals surface area contributed by atoms with Crippen molar-refractivity contribution in [2.24, 2.45) is 7.05 Å². The third-order valence-corrected chi connectivity index (χ3v) is 4.25. The second-order valence-electron chi connectivity index (χ2n) is 6.02. The van der Waals surface area contributed by atoms with Crippen molar-refractivity contribution in [3.63, 3.8) is 0 Å². The van der Waals surface area contributed by atoms with E-state index >= 15 is 0 Å². The van der Waals surface area contributed by atoms with Crippen LogP contribution < -0.4 is 5.32 Å². The molecular formula is C19H17N7O. The molecular weight excluding hydrogens is 342 g/mol. The third kappa shape index (κ3) is 3.45. The van der Waals surface area contributed by atoms with E-state index in [0.29, 0.717) is 11.3 Å². The molecule has 2 heterocycles. The number of nitrogens with one attached hydrogen (secondary N) is 1. The van der Waals surface area contributed by atoms with Crippen molar-refractivity contribution in [3.8, 4) is 5.69 Å². The van der Waals surface area contributed by atoms with Gasteiger partial charge in [-0.2, -0.15) is 0 Å². The number of amides is 1. The van der Waals surface area contributed by atoms with Gasteiger partial charge in [0.15, 0.2) is 0 Å². The highest BCUT2D eigenvalue weighted by molar-refractivity contribution is 5.95. The lowest BCUT2D eigenvalue weighted by atomic mass is 10.1. The van der Waals surface area contributed by atoms with Gasteiger partial charge >= 0.3 is 0 Å². The molecule has 0 aliphatic carbocycles. The summed E-state index contributed by atoms with van der Waals surface area (Å²) < 4.78 is 3.40. The molecule has 2 aromatic carbocycles. The van der Waals surface area contributed by atoms with Crippen LogP contribution in [0.1, 0.15) is 27.8 Å². The van der Waals surface area contributed by atoms with E-state index in [0.717, 1.165) is 11.4 Å². The predicted octanol–water partition coefficient (Wildman–Crippen LogP) is 1.92. The summed E-state index contributed by atoms with van der Waals surface area (Å²) in [5.41, 5.74) is 2.18. The van der Waals surface area contributed by atoms with Crippen LogP contribution in [0.5, 0.6) is 0 Å². The number of benzene rings is 2. The molecule has 1 N–H and O–H groups in total. The molecule has 0 fully saturated rings. The molecule has 0 radical (unpaired) electrons. The van der Waals surface area contributed by atoms with Crippen molar-refractivity contribution in [1.29, 1.82) is 0 Å². The lowest BCUT2D eigenvalue weighted by Crippen LogP contribution is -2.31. The van der Waals surface area contributed by atoms with Crippen LogP contribution >= 0.6 is 0 Å². The van der Waals surface area contributed by atoms with Crippen LogP contribution in [-0.4, -0.2) is 35.7 Å². The summed E-state index contributed by atoms with van der Waals surface area (Å²) in [4.78, 5) is 17.4. The Balaban J connectivity index is 1.65. The summed E-state index contributed by atoms with van der Waals surface area (Å²) >= 11 is 0. The smallest absolute Gasteiger partial charge is 0.252 e. The van der Waals surface area contributed by atoms with Gasteiger partial charge in [0.2, 0.25) is 0 Å². The normalized spacial score (nSPS) is 11.9. The lowest BCUT2D eigenvalue weighted by Gasteiger charge is -2.19. The van der Waals surface area contributed by atoms with Crippen molar-refractivity contribution in [3.05, 3.63) is 90.3 Å². The van der Waals surface area contributed by atoms with E-state index in [-0.39, 0.29) is 11.9 Å². The predicted molar refractivity (Wildman–Crippen MR) is 98.1 cm³/mol. The zero-order chi connectivity index (χ0) is 18.6. The Hall–Kier alpha value is -3.81. The van der Waals surface area contributed by atoms with Gasteiger partial charge in [0.1, 0.15) is 18.2 Å². The summed E-state index contributed by atoms with van der Waals surface area (Å²) in [5, 5.41) is 14.2. The SMILES string of the molecule is Cn1ccnc1C(NC(=O)c1cccc(-n2cnnn2)c1)c1ccccc1. The van der Waals surface area contributed by atoms with Crippen molar-refractivity contribution in [1.82, 2.24) is 35.1 Å². The first-order valence-corrected chi connectivity index (χ1v) is 8.39. The monoisotopic (exact) mass is 359 g/mol. The second kappa shape index (κ2) is 7.20. The number of rotatable bonds is 5. The maximum atomic E-state index is 12.9. The largest absolute Gasteiger partial charge is 0.338 e. The maximum absolute atomic E-state index is 12.9. The Morgan fingerprint density at radius 2 is 1.96 bits per heavy atom. The number of carbonyl (C=O) groups excluding carboxylic acids is 1. The molecule has 0 aliphatic rings. The third-order valence-electron chi connectivity index (χ3n) is 4.25. The Bertz CT molecular complexity index is 1040. The van der Waals surface area contributed by atoms with E-state index in [2.05, 4.69) is 25.8 Å². The minimum Gasteiger partial charge on any atom is -0.338 e. The fraction of sp³-hybridized carbons (Fsp3) is 0.105. The fourth-order valence-electron chi connectivity index (χ4n) is 2.88. The van der Waals surface area contributed by atoms with Gasteiger partial charge in [-0.05, 0) is 34.2 Å². The van der Waals surface area contributed by atoms with Crippen LogP contribution in [0.4, 0.5) is 0 Å². The van der Waals surface area contributed by atoms with Crippen molar-refractivity contribution in [2.75, 3.05) is 0 Å². The highest BCUT2D eigenvalue weighted by atomic mass is 16.1. The molecule has 0 bridgehead atoms. The van der Waals surface area contributed by atoms with Gasteiger partial charge in [-0.25, -0.2) is 9.67 Å². The van der Waals surface area contributed by atoms with Crippen molar-refractivity contribution in [2.45, 2.75) is 6.04 Å². The quantitative estimate of drug-likeness (QED) is 0.588. The number of tetrazole rings is 1. The first-order chi connectivity index (χ1) is 13.2. The molecule has 4 aromatic rings. The van der Waals surface area contributed by atoms with Crippen LogP contribution in [-0.2, 0) is 7.05 Å². The minimum absolute atomic E-state index is 0.207. The number of hydrogen-bond donors (Lipinski definition) is 1. The van der Waals surface area contributed by atoms with E-state index in [1.54, 1.807) is 24.4 Å². The molecule has 0 aliphatic heterocycles. The molecule has 1 atom stereocenters. The Kier molecular flexibility index (Phi) is 4.44. The summed E-state index contributed by atoms with van der Waals surface area (Å²) in [7, 11) is 1.91. The van der Waals surface area contributed by atoms with Crippen LogP contribution in [0.25, 0.3) is 5.69 Å². The topological polar surface area (TPSA) is 90.5 Å². The van der Waals surface area contributed by atoms with Gasteiger partial charge in [0.25, 0.3) is 5.91 Å². The van der Waals surface area contributed by atoms with Crippen LogP contribution in [0.2, 0.25) is 0 Å². The number of imidazole rings is 1. The molecule has 0 saturated heterocycles. The van der Waals surface area contributed by atoms with E-state index < -0.39 is 0 Å². The molecule has 0 spiro atoms. The number of aryl methyl sites for hydroxylation is 1. The van der Waals surface area contributed by atoms with E-state index in [4.69, 9.17) is 0 Å². The van der Waals surface area contributed by atoms with Crippen LogP contribution in [0.3, 0.4) is 0 Å². The number of aromatic nitrogens is 6. The van der Waals surface area contributed by atoms with Gasteiger partial charge in [-0.1, -0.05) is 36.4 Å². The van der Waals surface area contributed by atoms with Gasteiger partial charge < -0.3 is 9.88 Å². The Morgan fingerprint density at radius 1 is 1.11 bits per heavy atom. The zero-order valence-corrected chi connectivity index (χ0v) is 14.6. The van der Waals surface area contributed by atoms with E-state index in [1.165, 1.54) is 11.0 Å². The average Bonchev–Trinajstić information content (AvgIpc) is 3.39. The molecule has 1 amide bonds. The molecule has 8 nitrogen and oxygen atoms in total. The first-order valence-electron chi connectivity index (χ1n) is 8.39. The van der Waals surface area contributed by atoms with Gasteiger partial charge in [-0.15, -0.1) is 5.10 Å². The fourth-order valence-corrected chi connectivity index (χ4v) is 2.88.